The number of benzene rings is 2. The van der Waals surface area contributed by atoms with Crippen LogP contribution < -0.4 is 18.9 Å². The lowest BCUT2D eigenvalue weighted by atomic mass is 9.92. The van der Waals surface area contributed by atoms with Gasteiger partial charge in [-0.25, -0.2) is 0 Å². The molecule has 0 unspecified atom stereocenters. The molecule has 2 aromatic carbocycles. The van der Waals surface area contributed by atoms with Gasteiger partial charge in [-0.05, 0) is 69.5 Å². The predicted octanol–water partition coefficient (Wildman–Crippen LogP) is 5.79. The minimum Gasteiger partial charge on any atom is -0.490 e. The number of rotatable bonds is 10. The highest BCUT2D eigenvalue weighted by Gasteiger charge is 2.26. The van der Waals surface area contributed by atoms with E-state index in [1.165, 1.54) is 5.56 Å². The molecule has 0 spiro atoms. The molecule has 1 aliphatic heterocycles. The summed E-state index contributed by atoms with van der Waals surface area (Å²) < 4.78 is 25.5. The molecule has 3 aromatic rings. The number of aldehydes is 1. The van der Waals surface area contributed by atoms with Gasteiger partial charge in [-0.15, -0.1) is 0 Å². The average molecular weight is 450 g/mol. The Balaban J connectivity index is 1.91. The molecule has 0 saturated carbocycles. The molecule has 0 saturated heterocycles. The third-order valence-electron chi connectivity index (χ3n) is 5.71. The van der Waals surface area contributed by atoms with E-state index in [4.69, 9.17) is 18.9 Å². The normalized spacial score (nSPS) is 12.0. The Hall–Kier alpha value is -3.41. The van der Waals surface area contributed by atoms with Crippen molar-refractivity contribution in [3.63, 3.8) is 0 Å². The zero-order valence-corrected chi connectivity index (χ0v) is 19.8. The van der Waals surface area contributed by atoms with Crippen molar-refractivity contribution in [3.8, 4) is 45.4 Å². The molecule has 4 rings (SSSR count). The standard InChI is InChI=1S/C27H31NO5/c1-5-30-22-10-9-19(14-23(22)31-6-2)26-20(17-29)16-28-12-11-18-13-24(32-7-3)25(33-8-4)15-21(18)27(26)28/h9-10,13-17H,5-8,11-12H2,1-4H3. The zero-order chi connectivity index (χ0) is 23.4. The van der Waals surface area contributed by atoms with E-state index in [-0.39, 0.29) is 0 Å². The van der Waals surface area contributed by atoms with Crippen LogP contribution in [0.1, 0.15) is 43.6 Å². The van der Waals surface area contributed by atoms with Gasteiger partial charge in [0.15, 0.2) is 29.3 Å². The average Bonchev–Trinajstić information content (AvgIpc) is 3.20. The molecule has 6 nitrogen and oxygen atoms in total. The maximum Gasteiger partial charge on any atom is 0.161 e. The molecule has 0 fully saturated rings. The summed E-state index contributed by atoms with van der Waals surface area (Å²) in [5.74, 6) is 2.85. The van der Waals surface area contributed by atoms with Crippen LogP contribution in [-0.2, 0) is 13.0 Å². The van der Waals surface area contributed by atoms with Crippen LogP contribution in [0.25, 0.3) is 22.4 Å². The van der Waals surface area contributed by atoms with E-state index in [1.54, 1.807) is 0 Å². The SMILES string of the molecule is CCOc1ccc(-c2c(C=O)cn3c2-c2cc(OCC)c(OCC)cc2CC3)cc1OCC. The van der Waals surface area contributed by atoms with Gasteiger partial charge in [-0.2, -0.15) is 0 Å². The first-order chi connectivity index (χ1) is 16.1. The van der Waals surface area contributed by atoms with E-state index in [9.17, 15) is 4.79 Å². The van der Waals surface area contributed by atoms with Crippen LogP contribution in [0.2, 0.25) is 0 Å². The van der Waals surface area contributed by atoms with Crippen LogP contribution in [0.3, 0.4) is 0 Å². The van der Waals surface area contributed by atoms with Crippen LogP contribution in [0.5, 0.6) is 23.0 Å². The van der Waals surface area contributed by atoms with Gasteiger partial charge in [0, 0.05) is 29.4 Å². The molecule has 1 aliphatic rings. The topological polar surface area (TPSA) is 58.9 Å². The van der Waals surface area contributed by atoms with Crippen molar-refractivity contribution in [1.82, 2.24) is 4.57 Å². The number of ether oxygens (including phenoxy) is 4. The highest BCUT2D eigenvalue weighted by molar-refractivity contribution is 5.97. The van der Waals surface area contributed by atoms with Crippen molar-refractivity contribution >= 4 is 6.29 Å². The Labute approximate surface area is 195 Å². The van der Waals surface area contributed by atoms with Gasteiger partial charge in [-0.1, -0.05) is 6.07 Å². The second-order valence-electron chi connectivity index (χ2n) is 7.72. The van der Waals surface area contributed by atoms with Crippen molar-refractivity contribution < 1.29 is 23.7 Å². The Morgan fingerprint density at radius 1 is 0.818 bits per heavy atom. The highest BCUT2D eigenvalue weighted by Crippen LogP contribution is 2.45. The van der Waals surface area contributed by atoms with Gasteiger partial charge < -0.3 is 23.5 Å². The number of carbonyl (C=O) groups is 1. The summed E-state index contributed by atoms with van der Waals surface area (Å²) >= 11 is 0. The molecule has 0 atom stereocenters. The van der Waals surface area contributed by atoms with Crippen molar-refractivity contribution in [1.29, 1.82) is 0 Å². The molecule has 0 N–H and O–H groups in total. The third-order valence-corrected chi connectivity index (χ3v) is 5.71. The summed E-state index contributed by atoms with van der Waals surface area (Å²) in [7, 11) is 0. The Bertz CT molecular complexity index is 1150. The van der Waals surface area contributed by atoms with Crippen LogP contribution in [0.4, 0.5) is 0 Å². The first-order valence-electron chi connectivity index (χ1n) is 11.7. The number of hydrogen-bond donors (Lipinski definition) is 0. The predicted molar refractivity (Wildman–Crippen MR) is 129 cm³/mol. The Morgan fingerprint density at radius 2 is 1.42 bits per heavy atom. The summed E-state index contributed by atoms with van der Waals surface area (Å²) in [6, 6.07) is 9.99. The van der Waals surface area contributed by atoms with Gasteiger partial charge in [0.1, 0.15) is 0 Å². The quantitative estimate of drug-likeness (QED) is 0.367. The molecule has 0 aliphatic carbocycles. The number of aryl methyl sites for hydroxylation is 2. The fraction of sp³-hybridized carbons (Fsp3) is 0.370. The van der Waals surface area contributed by atoms with Crippen molar-refractivity contribution in [2.75, 3.05) is 26.4 Å². The van der Waals surface area contributed by atoms with Crippen LogP contribution in [0.15, 0.2) is 36.5 Å². The number of carbonyl (C=O) groups excluding carboxylic acids is 1. The van der Waals surface area contributed by atoms with Gasteiger partial charge in [0.2, 0.25) is 0 Å². The lowest BCUT2D eigenvalue weighted by molar-refractivity contribution is 0.112. The summed E-state index contributed by atoms with van der Waals surface area (Å²) in [5.41, 5.74) is 5.70. The summed E-state index contributed by atoms with van der Waals surface area (Å²) in [6.45, 7) is 10.8. The van der Waals surface area contributed by atoms with Gasteiger partial charge in [0.25, 0.3) is 0 Å². The molecular weight excluding hydrogens is 418 g/mol. The number of aromatic nitrogens is 1. The monoisotopic (exact) mass is 449 g/mol. The number of hydrogen-bond acceptors (Lipinski definition) is 5. The fourth-order valence-electron chi connectivity index (χ4n) is 4.45. The van der Waals surface area contributed by atoms with Gasteiger partial charge in [0.05, 0.1) is 32.1 Å². The summed E-state index contributed by atoms with van der Waals surface area (Å²) in [5, 5.41) is 0. The molecule has 0 amide bonds. The molecule has 1 aromatic heterocycles. The number of fused-ring (bicyclic) bond motifs is 3. The number of nitrogens with zero attached hydrogens (tertiary/aromatic N) is 1. The smallest absolute Gasteiger partial charge is 0.161 e. The Morgan fingerprint density at radius 3 is 2.06 bits per heavy atom. The van der Waals surface area contributed by atoms with Crippen LogP contribution in [-0.4, -0.2) is 37.3 Å². The van der Waals surface area contributed by atoms with E-state index in [0.717, 1.165) is 47.4 Å². The molecular formula is C27H31NO5. The van der Waals surface area contributed by atoms with E-state index >= 15 is 0 Å². The van der Waals surface area contributed by atoms with E-state index in [2.05, 4.69) is 10.6 Å². The fourth-order valence-corrected chi connectivity index (χ4v) is 4.45. The van der Waals surface area contributed by atoms with Gasteiger partial charge >= 0.3 is 0 Å². The lowest BCUT2D eigenvalue weighted by Gasteiger charge is -2.23. The third kappa shape index (κ3) is 4.30. The van der Waals surface area contributed by atoms with Crippen molar-refractivity contribution in [2.45, 2.75) is 40.7 Å². The van der Waals surface area contributed by atoms with E-state index < -0.39 is 0 Å². The minimum atomic E-state index is 0.526. The first kappa shape index (κ1) is 22.8. The molecule has 174 valence electrons. The molecule has 0 bridgehead atoms. The van der Waals surface area contributed by atoms with E-state index in [0.29, 0.717) is 49.2 Å². The largest absolute Gasteiger partial charge is 0.490 e. The molecule has 0 radical (unpaired) electrons. The second kappa shape index (κ2) is 10.0. The van der Waals surface area contributed by atoms with Crippen molar-refractivity contribution in [3.05, 3.63) is 47.7 Å². The lowest BCUT2D eigenvalue weighted by Crippen LogP contribution is -2.11. The van der Waals surface area contributed by atoms with Gasteiger partial charge in [-0.3, -0.25) is 4.79 Å². The molecule has 2 heterocycles. The molecule has 33 heavy (non-hydrogen) atoms. The first-order valence-corrected chi connectivity index (χ1v) is 11.7. The van der Waals surface area contributed by atoms with Crippen LogP contribution >= 0.6 is 0 Å². The Kier molecular flexibility index (Phi) is 6.92. The summed E-state index contributed by atoms with van der Waals surface area (Å²) in [6.07, 6.45) is 3.72. The van der Waals surface area contributed by atoms with Crippen LogP contribution in [0, 0.1) is 0 Å². The second-order valence-corrected chi connectivity index (χ2v) is 7.72. The minimum absolute atomic E-state index is 0.526. The van der Waals surface area contributed by atoms with E-state index in [1.807, 2.05) is 58.2 Å². The maximum absolute atomic E-state index is 12.1. The highest BCUT2D eigenvalue weighted by atomic mass is 16.5. The maximum atomic E-state index is 12.1. The zero-order valence-electron chi connectivity index (χ0n) is 19.8. The molecule has 6 heteroatoms. The van der Waals surface area contributed by atoms with Crippen molar-refractivity contribution in [2.24, 2.45) is 0 Å². The summed E-state index contributed by atoms with van der Waals surface area (Å²) in [4.78, 5) is 12.1.